The minimum Gasteiger partial charge on any atom is -0.476 e. The number of hydrogen-bond donors (Lipinski definition) is 2. The third kappa shape index (κ3) is 3.56. The quantitative estimate of drug-likeness (QED) is 0.752. The van der Waals surface area contributed by atoms with Crippen molar-refractivity contribution in [2.75, 3.05) is 24.3 Å². The van der Waals surface area contributed by atoms with Crippen LogP contribution in [0.5, 0.6) is 5.88 Å². The van der Waals surface area contributed by atoms with Crippen LogP contribution in [0.1, 0.15) is 57.4 Å². The number of nitrogen functional groups attached to an aromatic ring is 1. The highest BCUT2D eigenvalue weighted by Crippen LogP contribution is 2.35. The Morgan fingerprint density at radius 2 is 2.19 bits per heavy atom. The summed E-state index contributed by atoms with van der Waals surface area (Å²) in [5.41, 5.74) is 6.67. The molecule has 1 saturated heterocycles. The molecule has 1 saturated carbocycles. The van der Waals surface area contributed by atoms with Crippen molar-refractivity contribution in [3.05, 3.63) is 5.82 Å². The molecule has 1 aliphatic carbocycles. The number of nitrogens with one attached hydrogen (secondary N) is 1. The second kappa shape index (κ2) is 6.47. The number of nitrogens with zero attached hydrogens (tertiary/aromatic N) is 2. The average molecular weight is 292 g/mol. The summed E-state index contributed by atoms with van der Waals surface area (Å²) in [5, 5.41) is 3.37. The molecule has 3 N–H and O–H groups in total. The molecule has 1 aromatic rings. The Bertz CT molecular complexity index is 485. The van der Waals surface area contributed by atoms with Gasteiger partial charge in [-0.3, -0.25) is 0 Å². The molecule has 21 heavy (non-hydrogen) atoms. The maximum atomic E-state index is 6.16. The van der Waals surface area contributed by atoms with Gasteiger partial charge in [0, 0.05) is 12.6 Å². The van der Waals surface area contributed by atoms with Crippen molar-refractivity contribution in [3.8, 4) is 5.88 Å². The van der Waals surface area contributed by atoms with Crippen LogP contribution in [0.3, 0.4) is 0 Å². The van der Waals surface area contributed by atoms with Crippen molar-refractivity contribution in [2.45, 2.75) is 57.6 Å². The molecule has 2 heterocycles. The first-order valence-electron chi connectivity index (χ1n) is 7.96. The molecule has 1 atom stereocenters. The first-order chi connectivity index (χ1) is 10.3. The lowest BCUT2D eigenvalue weighted by molar-refractivity contribution is 0.104. The summed E-state index contributed by atoms with van der Waals surface area (Å²) in [4.78, 5) is 9.06. The molecule has 6 nitrogen and oxygen atoms in total. The van der Waals surface area contributed by atoms with E-state index in [1.54, 1.807) is 0 Å². The fourth-order valence-electron chi connectivity index (χ4n) is 2.34. The summed E-state index contributed by atoms with van der Waals surface area (Å²) in [5.74, 6) is 1.88. The van der Waals surface area contributed by atoms with E-state index in [0.717, 1.165) is 32.3 Å². The number of unbranched alkanes of at least 4 members (excludes halogenated alkanes) is 1. The summed E-state index contributed by atoms with van der Waals surface area (Å²) in [6, 6.07) is 0.489. The van der Waals surface area contributed by atoms with Crippen LogP contribution in [0, 0.1) is 0 Å². The van der Waals surface area contributed by atoms with E-state index < -0.39 is 0 Å². The zero-order valence-corrected chi connectivity index (χ0v) is 12.6. The van der Waals surface area contributed by atoms with Crippen molar-refractivity contribution < 1.29 is 9.47 Å². The minimum absolute atomic E-state index is 0.0288. The lowest BCUT2D eigenvalue weighted by Gasteiger charge is -2.16. The van der Waals surface area contributed by atoms with E-state index in [0.29, 0.717) is 35.9 Å². The molecule has 3 rings (SSSR count). The van der Waals surface area contributed by atoms with Crippen molar-refractivity contribution in [2.24, 2.45) is 0 Å². The van der Waals surface area contributed by atoms with Crippen molar-refractivity contribution >= 4 is 11.5 Å². The Labute approximate surface area is 125 Å². The first kappa shape index (κ1) is 14.4. The number of hydrogen-bond acceptors (Lipinski definition) is 6. The number of rotatable bonds is 7. The Morgan fingerprint density at radius 1 is 1.33 bits per heavy atom. The van der Waals surface area contributed by atoms with Gasteiger partial charge in [0.25, 0.3) is 0 Å². The van der Waals surface area contributed by atoms with Gasteiger partial charge < -0.3 is 20.5 Å². The van der Waals surface area contributed by atoms with Gasteiger partial charge in [0.1, 0.15) is 11.8 Å². The molecule has 0 aromatic carbocycles. The van der Waals surface area contributed by atoms with Gasteiger partial charge in [0.2, 0.25) is 5.88 Å². The largest absolute Gasteiger partial charge is 0.476 e. The van der Waals surface area contributed by atoms with Gasteiger partial charge in [-0.25, -0.2) is 4.98 Å². The SMILES string of the molecule is CCCCOc1nc(C2CCCO2)nc(NC2CC2)c1N. The van der Waals surface area contributed by atoms with Crippen molar-refractivity contribution in [1.29, 1.82) is 0 Å². The molecule has 0 amide bonds. The van der Waals surface area contributed by atoms with E-state index in [1.807, 2.05) is 0 Å². The topological polar surface area (TPSA) is 82.3 Å². The van der Waals surface area contributed by atoms with Crippen LogP contribution in [0.25, 0.3) is 0 Å². The first-order valence-corrected chi connectivity index (χ1v) is 7.96. The summed E-state index contributed by atoms with van der Waals surface area (Å²) in [7, 11) is 0. The van der Waals surface area contributed by atoms with E-state index >= 15 is 0 Å². The number of anilines is 2. The van der Waals surface area contributed by atoms with E-state index in [2.05, 4.69) is 22.2 Å². The predicted octanol–water partition coefficient (Wildman–Crippen LogP) is 2.66. The minimum atomic E-state index is -0.0288. The third-order valence-electron chi connectivity index (χ3n) is 3.80. The standard InChI is InChI=1S/C15H24N4O2/c1-2-3-8-21-15-12(16)14(17-10-6-7-10)18-13(19-15)11-5-4-9-20-11/h10-11H,2-9,16H2,1H3,(H,17,18,19). The molecule has 116 valence electrons. The van der Waals surface area contributed by atoms with Gasteiger partial charge in [-0.1, -0.05) is 13.3 Å². The zero-order chi connectivity index (χ0) is 14.7. The number of nitrogens with two attached hydrogens (primary N) is 1. The average Bonchev–Trinajstić information content (AvgIpc) is 3.13. The van der Waals surface area contributed by atoms with Gasteiger partial charge in [-0.05, 0) is 32.1 Å². The highest BCUT2D eigenvalue weighted by Gasteiger charge is 2.27. The normalized spacial score (nSPS) is 21.5. The van der Waals surface area contributed by atoms with Crippen LogP contribution in [0.4, 0.5) is 11.5 Å². The van der Waals surface area contributed by atoms with Crippen molar-refractivity contribution in [3.63, 3.8) is 0 Å². The summed E-state index contributed by atoms with van der Waals surface area (Å²) in [6.45, 7) is 3.53. The molecular formula is C15H24N4O2. The molecule has 1 unspecified atom stereocenters. The molecule has 1 aromatic heterocycles. The summed E-state index contributed by atoms with van der Waals surface area (Å²) in [6.07, 6.45) is 6.40. The van der Waals surface area contributed by atoms with Crippen LogP contribution < -0.4 is 15.8 Å². The second-order valence-electron chi connectivity index (χ2n) is 5.77. The third-order valence-corrected chi connectivity index (χ3v) is 3.80. The fourth-order valence-corrected chi connectivity index (χ4v) is 2.34. The van der Waals surface area contributed by atoms with Crippen LogP contribution in [-0.2, 0) is 4.74 Å². The number of aromatic nitrogens is 2. The van der Waals surface area contributed by atoms with E-state index in [-0.39, 0.29) is 6.10 Å². The Hall–Kier alpha value is -1.56. The molecule has 2 fully saturated rings. The van der Waals surface area contributed by atoms with Crippen molar-refractivity contribution in [1.82, 2.24) is 9.97 Å². The van der Waals surface area contributed by atoms with Crippen LogP contribution in [0.2, 0.25) is 0 Å². The molecule has 0 bridgehead atoms. The van der Waals surface area contributed by atoms with Crippen LogP contribution in [0.15, 0.2) is 0 Å². The van der Waals surface area contributed by atoms with E-state index in [4.69, 9.17) is 15.2 Å². The molecular weight excluding hydrogens is 268 g/mol. The Balaban J connectivity index is 1.82. The van der Waals surface area contributed by atoms with E-state index in [9.17, 15) is 0 Å². The monoisotopic (exact) mass is 292 g/mol. The van der Waals surface area contributed by atoms with Gasteiger partial charge in [0.15, 0.2) is 11.6 Å². The molecule has 2 aliphatic rings. The van der Waals surface area contributed by atoms with Crippen LogP contribution >= 0.6 is 0 Å². The summed E-state index contributed by atoms with van der Waals surface area (Å²) >= 11 is 0. The Kier molecular flexibility index (Phi) is 4.43. The Morgan fingerprint density at radius 3 is 2.86 bits per heavy atom. The molecule has 0 spiro atoms. The molecule has 1 aliphatic heterocycles. The maximum absolute atomic E-state index is 6.16. The fraction of sp³-hybridized carbons (Fsp3) is 0.733. The highest BCUT2D eigenvalue weighted by atomic mass is 16.5. The van der Waals surface area contributed by atoms with Gasteiger partial charge in [0.05, 0.1) is 6.61 Å². The second-order valence-corrected chi connectivity index (χ2v) is 5.77. The van der Waals surface area contributed by atoms with Crippen LogP contribution in [-0.4, -0.2) is 29.2 Å². The highest BCUT2D eigenvalue weighted by molar-refractivity contribution is 5.67. The molecule has 6 heteroatoms. The lowest BCUT2D eigenvalue weighted by atomic mass is 10.2. The summed E-state index contributed by atoms with van der Waals surface area (Å²) < 4.78 is 11.4. The smallest absolute Gasteiger partial charge is 0.242 e. The predicted molar refractivity (Wildman–Crippen MR) is 81.4 cm³/mol. The number of ether oxygens (including phenoxy) is 2. The zero-order valence-electron chi connectivity index (χ0n) is 12.6. The van der Waals surface area contributed by atoms with E-state index in [1.165, 1.54) is 12.8 Å². The van der Waals surface area contributed by atoms with Gasteiger partial charge in [-0.2, -0.15) is 4.98 Å². The lowest BCUT2D eigenvalue weighted by Crippen LogP contribution is -2.14. The van der Waals surface area contributed by atoms with Gasteiger partial charge >= 0.3 is 0 Å². The van der Waals surface area contributed by atoms with Gasteiger partial charge in [-0.15, -0.1) is 0 Å². The molecule has 0 radical (unpaired) electrons. The maximum Gasteiger partial charge on any atom is 0.242 e.